The number of rotatable bonds is 4. The van der Waals surface area contributed by atoms with E-state index < -0.39 is 0 Å². The standard InChI is InChI=1S/C10H15N3OS/c1-3-11-9-4-10(13-7(2)12-9)15-8-5-14-6-8/h4,8H,3,5-6H2,1-2H3,(H,11,12,13). The molecule has 0 aromatic carbocycles. The van der Waals surface area contributed by atoms with Gasteiger partial charge in [-0.1, -0.05) is 11.8 Å². The van der Waals surface area contributed by atoms with Crippen LogP contribution < -0.4 is 5.32 Å². The second-order valence-corrected chi connectivity index (χ2v) is 4.77. The molecule has 1 aliphatic heterocycles. The van der Waals surface area contributed by atoms with Crippen LogP contribution in [0.15, 0.2) is 11.1 Å². The number of aryl methyl sites for hydroxylation is 1. The quantitative estimate of drug-likeness (QED) is 0.790. The number of nitrogens with one attached hydrogen (secondary N) is 1. The first-order chi connectivity index (χ1) is 7.28. The first-order valence-electron chi connectivity index (χ1n) is 5.12. The van der Waals surface area contributed by atoms with Gasteiger partial charge in [0.15, 0.2) is 0 Å². The van der Waals surface area contributed by atoms with Crippen molar-refractivity contribution in [3.8, 4) is 0 Å². The molecule has 0 atom stereocenters. The third kappa shape index (κ3) is 2.82. The minimum Gasteiger partial charge on any atom is -0.379 e. The van der Waals surface area contributed by atoms with Gasteiger partial charge in [-0.25, -0.2) is 9.97 Å². The number of hydrogen-bond donors (Lipinski definition) is 1. The molecule has 1 saturated heterocycles. The molecule has 0 amide bonds. The maximum atomic E-state index is 5.14. The molecule has 15 heavy (non-hydrogen) atoms. The van der Waals surface area contributed by atoms with Gasteiger partial charge in [0.2, 0.25) is 0 Å². The highest BCUT2D eigenvalue weighted by Gasteiger charge is 2.20. The molecule has 1 aromatic heterocycles. The van der Waals surface area contributed by atoms with Gasteiger partial charge in [-0.15, -0.1) is 0 Å². The Morgan fingerprint density at radius 1 is 1.53 bits per heavy atom. The molecule has 1 aliphatic rings. The highest BCUT2D eigenvalue weighted by Crippen LogP contribution is 2.27. The Morgan fingerprint density at radius 2 is 2.33 bits per heavy atom. The van der Waals surface area contributed by atoms with E-state index in [0.29, 0.717) is 5.25 Å². The van der Waals surface area contributed by atoms with E-state index in [0.717, 1.165) is 36.4 Å². The van der Waals surface area contributed by atoms with Crippen molar-refractivity contribution < 1.29 is 4.74 Å². The average Bonchev–Trinajstić information content (AvgIpc) is 2.11. The summed E-state index contributed by atoms with van der Waals surface area (Å²) < 4.78 is 5.14. The molecule has 1 aromatic rings. The third-order valence-corrected chi connectivity index (χ3v) is 3.12. The maximum absolute atomic E-state index is 5.14. The van der Waals surface area contributed by atoms with Crippen LogP contribution in [0.4, 0.5) is 5.82 Å². The smallest absolute Gasteiger partial charge is 0.130 e. The highest BCUT2D eigenvalue weighted by atomic mass is 32.2. The van der Waals surface area contributed by atoms with E-state index in [1.165, 1.54) is 0 Å². The predicted octanol–water partition coefficient (Wildman–Crippen LogP) is 1.71. The zero-order valence-electron chi connectivity index (χ0n) is 8.99. The molecule has 0 aliphatic carbocycles. The highest BCUT2D eigenvalue weighted by molar-refractivity contribution is 8.00. The SMILES string of the molecule is CCNc1cc(SC2COC2)nc(C)n1. The number of thioether (sulfide) groups is 1. The Bertz CT molecular complexity index is 341. The lowest BCUT2D eigenvalue weighted by atomic mass is 10.4. The van der Waals surface area contributed by atoms with Gasteiger partial charge in [0.25, 0.3) is 0 Å². The van der Waals surface area contributed by atoms with Crippen LogP contribution in [0.5, 0.6) is 0 Å². The Balaban J connectivity index is 2.07. The molecular formula is C10H15N3OS. The molecule has 4 nitrogen and oxygen atoms in total. The van der Waals surface area contributed by atoms with Gasteiger partial charge in [0.05, 0.1) is 18.5 Å². The fourth-order valence-corrected chi connectivity index (χ4v) is 2.36. The molecule has 2 rings (SSSR count). The summed E-state index contributed by atoms with van der Waals surface area (Å²) in [7, 11) is 0. The van der Waals surface area contributed by atoms with E-state index in [2.05, 4.69) is 22.2 Å². The van der Waals surface area contributed by atoms with Crippen molar-refractivity contribution in [2.24, 2.45) is 0 Å². The Morgan fingerprint density at radius 3 is 2.93 bits per heavy atom. The largest absolute Gasteiger partial charge is 0.379 e. The zero-order valence-corrected chi connectivity index (χ0v) is 9.80. The molecule has 2 heterocycles. The fourth-order valence-electron chi connectivity index (χ4n) is 1.33. The Hall–Kier alpha value is -0.810. The van der Waals surface area contributed by atoms with Gasteiger partial charge >= 0.3 is 0 Å². The van der Waals surface area contributed by atoms with Gasteiger partial charge in [-0.2, -0.15) is 0 Å². The number of aromatic nitrogens is 2. The van der Waals surface area contributed by atoms with Crippen molar-refractivity contribution in [2.45, 2.75) is 24.1 Å². The van der Waals surface area contributed by atoms with Gasteiger partial charge < -0.3 is 10.1 Å². The molecule has 0 spiro atoms. The van der Waals surface area contributed by atoms with E-state index in [-0.39, 0.29) is 0 Å². The summed E-state index contributed by atoms with van der Waals surface area (Å²) in [5.74, 6) is 1.73. The maximum Gasteiger partial charge on any atom is 0.130 e. The molecular weight excluding hydrogens is 210 g/mol. The average molecular weight is 225 g/mol. The molecule has 82 valence electrons. The Kier molecular flexibility index (Phi) is 3.43. The molecule has 0 unspecified atom stereocenters. The predicted molar refractivity (Wildman–Crippen MR) is 61.4 cm³/mol. The number of nitrogens with zero attached hydrogens (tertiary/aromatic N) is 2. The molecule has 0 radical (unpaired) electrons. The van der Waals surface area contributed by atoms with Crippen LogP contribution in [0.25, 0.3) is 0 Å². The van der Waals surface area contributed by atoms with Gasteiger partial charge in [-0.05, 0) is 13.8 Å². The van der Waals surface area contributed by atoms with Gasteiger partial charge in [0, 0.05) is 12.6 Å². The van der Waals surface area contributed by atoms with Crippen LogP contribution in [-0.2, 0) is 4.74 Å². The molecule has 5 heteroatoms. The van der Waals surface area contributed by atoms with Crippen LogP contribution >= 0.6 is 11.8 Å². The van der Waals surface area contributed by atoms with Crippen molar-refractivity contribution in [2.75, 3.05) is 25.1 Å². The van der Waals surface area contributed by atoms with Crippen LogP contribution in [0, 0.1) is 6.92 Å². The van der Waals surface area contributed by atoms with Crippen LogP contribution in [0.3, 0.4) is 0 Å². The summed E-state index contributed by atoms with van der Waals surface area (Å²) >= 11 is 1.77. The molecule has 1 N–H and O–H groups in total. The lowest BCUT2D eigenvalue weighted by Crippen LogP contribution is -2.30. The number of ether oxygens (including phenoxy) is 1. The summed E-state index contributed by atoms with van der Waals surface area (Å²) in [5.41, 5.74) is 0. The van der Waals surface area contributed by atoms with Crippen molar-refractivity contribution in [1.82, 2.24) is 9.97 Å². The monoisotopic (exact) mass is 225 g/mol. The molecule has 0 saturated carbocycles. The lowest BCUT2D eigenvalue weighted by molar-refractivity contribution is 0.0454. The van der Waals surface area contributed by atoms with E-state index in [1.54, 1.807) is 11.8 Å². The van der Waals surface area contributed by atoms with Crippen LogP contribution in [-0.4, -0.2) is 35.0 Å². The number of anilines is 1. The van der Waals surface area contributed by atoms with Crippen LogP contribution in [0.2, 0.25) is 0 Å². The minimum atomic E-state index is 0.564. The molecule has 0 bridgehead atoms. The van der Waals surface area contributed by atoms with E-state index >= 15 is 0 Å². The lowest BCUT2D eigenvalue weighted by Gasteiger charge is -2.24. The van der Waals surface area contributed by atoms with E-state index in [9.17, 15) is 0 Å². The van der Waals surface area contributed by atoms with Crippen molar-refractivity contribution in [1.29, 1.82) is 0 Å². The Labute approximate surface area is 93.8 Å². The van der Waals surface area contributed by atoms with Crippen molar-refractivity contribution in [3.05, 3.63) is 11.9 Å². The second-order valence-electron chi connectivity index (χ2n) is 3.45. The summed E-state index contributed by atoms with van der Waals surface area (Å²) in [6.07, 6.45) is 0. The summed E-state index contributed by atoms with van der Waals surface area (Å²) in [6, 6.07) is 2.00. The van der Waals surface area contributed by atoms with Crippen molar-refractivity contribution >= 4 is 17.6 Å². The normalized spacial score (nSPS) is 16.1. The zero-order chi connectivity index (χ0) is 10.7. The van der Waals surface area contributed by atoms with Crippen LogP contribution in [0.1, 0.15) is 12.7 Å². The van der Waals surface area contributed by atoms with E-state index in [4.69, 9.17) is 4.74 Å². The van der Waals surface area contributed by atoms with Crippen molar-refractivity contribution in [3.63, 3.8) is 0 Å². The third-order valence-electron chi connectivity index (χ3n) is 2.07. The van der Waals surface area contributed by atoms with Gasteiger partial charge in [0.1, 0.15) is 16.7 Å². The second kappa shape index (κ2) is 4.81. The first-order valence-corrected chi connectivity index (χ1v) is 6.00. The summed E-state index contributed by atoms with van der Waals surface area (Å²) in [4.78, 5) is 8.70. The van der Waals surface area contributed by atoms with Gasteiger partial charge in [-0.3, -0.25) is 0 Å². The topological polar surface area (TPSA) is 47.0 Å². The van der Waals surface area contributed by atoms with E-state index in [1.807, 2.05) is 13.0 Å². The summed E-state index contributed by atoms with van der Waals surface area (Å²) in [6.45, 7) is 6.54. The minimum absolute atomic E-state index is 0.564. The number of hydrogen-bond acceptors (Lipinski definition) is 5. The molecule has 1 fully saturated rings. The fraction of sp³-hybridized carbons (Fsp3) is 0.600. The summed E-state index contributed by atoms with van der Waals surface area (Å²) in [5, 5.41) is 4.80. The first kappa shape index (κ1) is 10.7.